The molecule has 5 N–H and O–H groups in total. The predicted octanol–water partition coefficient (Wildman–Crippen LogP) is 4.98. The molecule has 10 heteroatoms. The van der Waals surface area contributed by atoms with Crippen molar-refractivity contribution in [2.45, 2.75) is 25.3 Å². The summed E-state index contributed by atoms with van der Waals surface area (Å²) in [5, 5.41) is 7.37. The third-order valence-corrected chi connectivity index (χ3v) is 8.00. The lowest BCUT2D eigenvalue weighted by atomic mass is 9.88. The largest absolute Gasteiger partial charge is 0.366 e. The number of urea groups is 1. The number of rotatable bonds is 8. The van der Waals surface area contributed by atoms with Crippen molar-refractivity contribution >= 4 is 51.7 Å². The van der Waals surface area contributed by atoms with Crippen LogP contribution in [0.25, 0.3) is 10.9 Å². The van der Waals surface area contributed by atoms with Gasteiger partial charge in [-0.2, -0.15) is 0 Å². The Morgan fingerprint density at radius 2 is 1.83 bits per heavy atom. The third kappa shape index (κ3) is 6.27. The number of hydrogen-bond donors (Lipinski definition) is 4. The molecular formula is C32H35ClN6O3. The van der Waals surface area contributed by atoms with Crippen molar-refractivity contribution in [1.82, 2.24) is 15.2 Å². The summed E-state index contributed by atoms with van der Waals surface area (Å²) < 4.78 is 0. The van der Waals surface area contributed by atoms with E-state index in [1.165, 1.54) is 12.1 Å². The molecule has 2 unspecified atom stereocenters. The highest BCUT2D eigenvalue weighted by Gasteiger charge is 2.37. The summed E-state index contributed by atoms with van der Waals surface area (Å²) in [6.07, 6.45) is 2.70. The Morgan fingerprint density at radius 3 is 2.55 bits per heavy atom. The van der Waals surface area contributed by atoms with Crippen LogP contribution in [0.4, 0.5) is 16.2 Å². The van der Waals surface area contributed by atoms with Gasteiger partial charge in [0.05, 0.1) is 0 Å². The Labute approximate surface area is 250 Å². The molecule has 3 aromatic carbocycles. The van der Waals surface area contributed by atoms with Gasteiger partial charge in [0, 0.05) is 58.1 Å². The predicted molar refractivity (Wildman–Crippen MR) is 167 cm³/mol. The van der Waals surface area contributed by atoms with Crippen LogP contribution in [0, 0.1) is 5.92 Å². The van der Waals surface area contributed by atoms with Gasteiger partial charge < -0.3 is 31.2 Å². The number of nitrogens with one attached hydrogen (secondary N) is 3. The minimum Gasteiger partial charge on any atom is -0.366 e. The molecule has 3 atom stereocenters. The van der Waals surface area contributed by atoms with Gasteiger partial charge in [-0.15, -0.1) is 0 Å². The molecule has 1 aliphatic heterocycles. The van der Waals surface area contributed by atoms with Crippen molar-refractivity contribution in [2.24, 2.45) is 11.7 Å². The lowest BCUT2D eigenvalue weighted by Crippen LogP contribution is -2.54. The fraction of sp³-hybridized carbons (Fsp3) is 0.281. The number of nitrogens with two attached hydrogens (primary N) is 1. The van der Waals surface area contributed by atoms with E-state index in [9.17, 15) is 14.4 Å². The van der Waals surface area contributed by atoms with E-state index in [0.29, 0.717) is 22.8 Å². The maximum atomic E-state index is 14.5. The van der Waals surface area contributed by atoms with E-state index >= 15 is 0 Å². The Balaban J connectivity index is 1.48. The summed E-state index contributed by atoms with van der Waals surface area (Å²) in [5.41, 5.74) is 9.82. The molecule has 0 saturated carbocycles. The van der Waals surface area contributed by atoms with Crippen LogP contribution < -0.4 is 21.3 Å². The molecule has 218 valence electrons. The third-order valence-electron chi connectivity index (χ3n) is 7.76. The number of fused-ring (bicyclic) bond motifs is 2. The van der Waals surface area contributed by atoms with Crippen LogP contribution in [0.2, 0.25) is 5.02 Å². The number of primary amides is 1. The smallest absolute Gasteiger partial charge is 0.319 e. The maximum absolute atomic E-state index is 14.5. The first-order valence-corrected chi connectivity index (χ1v) is 14.3. The van der Waals surface area contributed by atoms with Crippen LogP contribution in [-0.2, 0) is 11.2 Å². The van der Waals surface area contributed by atoms with E-state index in [-0.39, 0.29) is 17.7 Å². The lowest BCUT2D eigenvalue weighted by Gasteiger charge is -2.38. The number of carbonyl (C=O) groups excluding carboxylic acids is 3. The van der Waals surface area contributed by atoms with Gasteiger partial charge in [-0.25, -0.2) is 4.79 Å². The van der Waals surface area contributed by atoms with Crippen molar-refractivity contribution in [2.75, 3.05) is 37.4 Å². The zero-order chi connectivity index (χ0) is 30.0. The minimum absolute atomic E-state index is 0.191. The number of halogens is 1. The molecule has 0 aliphatic carbocycles. The summed E-state index contributed by atoms with van der Waals surface area (Å²) in [4.78, 5) is 46.5. The van der Waals surface area contributed by atoms with E-state index in [1.807, 2.05) is 63.6 Å². The molecule has 5 rings (SSSR count). The molecule has 4 aromatic rings. The van der Waals surface area contributed by atoms with Gasteiger partial charge in [-0.3, -0.25) is 9.59 Å². The second kappa shape index (κ2) is 12.3. The van der Waals surface area contributed by atoms with Gasteiger partial charge >= 0.3 is 6.03 Å². The number of carbonyl (C=O) groups is 3. The fourth-order valence-electron chi connectivity index (χ4n) is 5.81. The van der Waals surface area contributed by atoms with Crippen molar-refractivity contribution in [3.63, 3.8) is 0 Å². The summed E-state index contributed by atoms with van der Waals surface area (Å²) >= 11 is 6.36. The average molecular weight is 587 g/mol. The van der Waals surface area contributed by atoms with Crippen molar-refractivity contribution in [3.8, 4) is 0 Å². The summed E-state index contributed by atoms with van der Waals surface area (Å²) in [6, 6.07) is 18.3. The monoisotopic (exact) mass is 586 g/mol. The molecule has 2 heterocycles. The van der Waals surface area contributed by atoms with Gasteiger partial charge in [0.2, 0.25) is 11.8 Å². The topological polar surface area (TPSA) is 124 Å². The zero-order valence-electron chi connectivity index (χ0n) is 23.9. The standard InChI is InChI=1S/C32H35ClN6O3/c1-19(26-16-35-27-7-5-4-6-25(26)27)29(37-32(42)36-24-11-8-21(9-12-24)30(34)40)31(41)39-18-20(17-38(2)3)14-22-15-23(33)10-13-28(22)39/h4-13,15-16,19-20,29,35H,14,17-18H2,1-3H3,(H2,34,40)(H2,36,37,42)/t19?,20-,29?/m1/s1. The molecule has 9 nitrogen and oxygen atoms in total. The number of hydrogen-bond acceptors (Lipinski definition) is 4. The molecule has 42 heavy (non-hydrogen) atoms. The second-order valence-electron chi connectivity index (χ2n) is 11.2. The molecule has 0 saturated heterocycles. The summed E-state index contributed by atoms with van der Waals surface area (Å²) in [5.74, 6) is -0.947. The first-order chi connectivity index (χ1) is 20.1. The van der Waals surface area contributed by atoms with E-state index in [2.05, 4.69) is 20.5 Å². The Morgan fingerprint density at radius 1 is 1.10 bits per heavy atom. The first-order valence-electron chi connectivity index (χ1n) is 13.9. The number of amides is 4. The van der Waals surface area contributed by atoms with Gasteiger partial charge in [0.1, 0.15) is 6.04 Å². The number of H-pyrrole nitrogens is 1. The van der Waals surface area contributed by atoms with Gasteiger partial charge in [0.25, 0.3) is 0 Å². The van der Waals surface area contributed by atoms with Crippen molar-refractivity contribution in [3.05, 3.63) is 94.6 Å². The number of benzene rings is 3. The van der Waals surface area contributed by atoms with Crippen LogP contribution in [0.3, 0.4) is 0 Å². The molecule has 1 aromatic heterocycles. The molecule has 0 spiro atoms. The quantitative estimate of drug-likeness (QED) is 0.232. The van der Waals surface area contributed by atoms with Crippen LogP contribution in [0.1, 0.15) is 34.3 Å². The minimum atomic E-state index is -0.893. The van der Waals surface area contributed by atoms with Crippen LogP contribution in [0.5, 0.6) is 0 Å². The highest BCUT2D eigenvalue weighted by Crippen LogP contribution is 2.35. The molecule has 0 bridgehead atoms. The fourth-order valence-corrected chi connectivity index (χ4v) is 6.00. The Bertz CT molecular complexity index is 1620. The normalized spacial score (nSPS) is 16.1. The van der Waals surface area contributed by atoms with Crippen LogP contribution in [0.15, 0.2) is 72.9 Å². The number of anilines is 2. The highest BCUT2D eigenvalue weighted by molar-refractivity contribution is 6.30. The molecule has 1 aliphatic rings. The van der Waals surface area contributed by atoms with E-state index in [0.717, 1.165) is 40.7 Å². The van der Waals surface area contributed by atoms with E-state index in [1.54, 1.807) is 23.1 Å². The maximum Gasteiger partial charge on any atom is 0.319 e. The number of nitrogens with zero attached hydrogens (tertiary/aromatic N) is 2. The van der Waals surface area contributed by atoms with Crippen LogP contribution >= 0.6 is 11.6 Å². The van der Waals surface area contributed by atoms with E-state index in [4.69, 9.17) is 17.3 Å². The number of para-hydroxylation sites is 1. The first kappa shape index (κ1) is 29.2. The lowest BCUT2D eigenvalue weighted by molar-refractivity contribution is -0.121. The molecule has 0 radical (unpaired) electrons. The molecule has 0 fully saturated rings. The highest BCUT2D eigenvalue weighted by atomic mass is 35.5. The Kier molecular flexibility index (Phi) is 8.51. The zero-order valence-corrected chi connectivity index (χ0v) is 24.6. The number of aromatic nitrogens is 1. The van der Waals surface area contributed by atoms with Crippen molar-refractivity contribution in [1.29, 1.82) is 0 Å². The van der Waals surface area contributed by atoms with Gasteiger partial charge in [0.15, 0.2) is 0 Å². The second-order valence-corrected chi connectivity index (χ2v) is 11.6. The molecule has 4 amide bonds. The van der Waals surface area contributed by atoms with E-state index < -0.39 is 18.0 Å². The summed E-state index contributed by atoms with van der Waals surface area (Å²) in [6.45, 7) is 3.26. The SMILES string of the molecule is CC(c1c[nH]c2ccccc12)C(NC(=O)Nc1ccc(C(N)=O)cc1)C(=O)N1C[C@@H](CN(C)C)Cc2cc(Cl)ccc21. The number of aromatic amines is 1. The Hall–Kier alpha value is -4.34. The van der Waals surface area contributed by atoms with Gasteiger partial charge in [-0.1, -0.05) is 36.7 Å². The van der Waals surface area contributed by atoms with Crippen LogP contribution in [-0.4, -0.2) is 61.0 Å². The van der Waals surface area contributed by atoms with Crippen molar-refractivity contribution < 1.29 is 14.4 Å². The molecular weight excluding hydrogens is 552 g/mol. The average Bonchev–Trinajstić information content (AvgIpc) is 3.39. The summed E-state index contributed by atoms with van der Waals surface area (Å²) in [7, 11) is 4.03. The van der Waals surface area contributed by atoms with Gasteiger partial charge in [-0.05, 0) is 86.1 Å².